The summed E-state index contributed by atoms with van der Waals surface area (Å²) in [6, 6.07) is 0. The van der Waals surface area contributed by atoms with Crippen LogP contribution in [0.15, 0.2) is 239 Å². The fourth-order valence-electron chi connectivity index (χ4n) is 14.4. The Morgan fingerprint density at radius 1 is 0.543 bits per heavy atom. The third-order valence-electron chi connectivity index (χ3n) is 19.4. The van der Waals surface area contributed by atoms with Gasteiger partial charge in [0, 0.05) is 104 Å². The van der Waals surface area contributed by atoms with Gasteiger partial charge in [-0.05, 0) is 123 Å². The first-order valence-corrected chi connectivity index (χ1v) is 30.9. The third kappa shape index (κ3) is 9.97. The average molecular weight is 1240 g/mol. The van der Waals surface area contributed by atoms with Crippen LogP contribution in [0.1, 0.15) is 93.9 Å². The molecule has 12 aliphatic rings. The normalized spacial score (nSPS) is 26.0. The van der Waals surface area contributed by atoms with Crippen LogP contribution in [0.25, 0.3) is 0 Å². The zero-order valence-electron chi connectivity index (χ0n) is 53.0. The van der Waals surface area contributed by atoms with Crippen molar-refractivity contribution in [1.29, 1.82) is 0 Å². The van der Waals surface area contributed by atoms with E-state index in [-0.39, 0.29) is 61.9 Å². The molecule has 20 heteroatoms. The molecule has 0 spiro atoms. The van der Waals surface area contributed by atoms with Crippen molar-refractivity contribution < 1.29 is 57.9 Å². The minimum atomic E-state index is -1.35. The van der Waals surface area contributed by atoms with Gasteiger partial charge in [-0.15, -0.1) is 0 Å². The first kappa shape index (κ1) is 62.0. The van der Waals surface area contributed by atoms with Crippen LogP contribution in [-0.4, -0.2) is 107 Å². The number of methoxy groups -OCH3 is 2. The summed E-state index contributed by atoms with van der Waals surface area (Å²) < 4.78 is 22.0. The maximum Gasteiger partial charge on any atom is 0.321 e. The number of nitrogens with zero attached hydrogens (tertiary/aromatic N) is 6. The molecule has 0 amide bonds. The number of esters is 4. The van der Waals surface area contributed by atoms with E-state index in [0.717, 1.165) is 46.0 Å². The molecule has 2 saturated carbocycles. The molecule has 0 aromatic rings. The van der Waals surface area contributed by atoms with E-state index in [4.69, 9.17) is 48.9 Å². The predicted octanol–water partition coefficient (Wildman–Crippen LogP) is 10.5. The highest BCUT2D eigenvalue weighted by Gasteiger charge is 2.54. The Morgan fingerprint density at radius 3 is 1.28 bits per heavy atom. The van der Waals surface area contributed by atoms with Crippen molar-refractivity contribution in [3.8, 4) is 0 Å². The molecular formula is C72H70N8O12. The molecule has 6 atom stereocenters. The van der Waals surface area contributed by atoms with Crippen LogP contribution in [0.5, 0.6) is 0 Å². The van der Waals surface area contributed by atoms with Crippen LogP contribution in [0.2, 0.25) is 0 Å². The largest absolute Gasteiger partial charge is 0.515 e. The Labute approximate surface area is 532 Å². The van der Waals surface area contributed by atoms with Gasteiger partial charge in [-0.3, -0.25) is 28.8 Å². The SMILES string of the molecule is C=CC1=C(C)C2=NC1=CC1=NC(=C(CC)/C1=C\O)C=C1N=C3C(=C1C)C(=O)[C@H](C(=O)OC)C3=C1NC(=C2)[C@@H](C)[C@@H]1CCC(=O)OCCOC(=O)CC[C@@H]1C2=C3C4=NC(=CC5=C(CC)/C(=C\O)C(=N5)C=C5N=C(C=C(N2)[C@H]1C)C(C)=C5C=C)C(C)=C4C(=O)[C@@H]3C(=O)OC. The lowest BCUT2D eigenvalue weighted by molar-refractivity contribution is -0.152. The van der Waals surface area contributed by atoms with Crippen LogP contribution in [0.4, 0.5) is 0 Å². The molecule has 16 bridgehead atoms. The topological polar surface area (TPSA) is 278 Å². The van der Waals surface area contributed by atoms with Crippen LogP contribution in [0, 0.1) is 35.5 Å². The molecule has 20 nitrogen and oxygen atoms in total. The van der Waals surface area contributed by atoms with Crippen molar-refractivity contribution in [2.24, 2.45) is 65.5 Å². The molecule has 0 radical (unpaired) electrons. The van der Waals surface area contributed by atoms with Gasteiger partial charge in [-0.1, -0.05) is 53.0 Å². The van der Waals surface area contributed by atoms with E-state index in [1.54, 1.807) is 38.2 Å². The lowest BCUT2D eigenvalue weighted by Gasteiger charge is -2.19. The number of allylic oxidation sites excluding steroid dienone is 22. The Morgan fingerprint density at radius 2 is 0.935 bits per heavy atom. The highest BCUT2D eigenvalue weighted by Crippen LogP contribution is 2.50. The second-order valence-corrected chi connectivity index (χ2v) is 24.1. The van der Waals surface area contributed by atoms with Crippen molar-refractivity contribution in [2.75, 3.05) is 27.4 Å². The molecule has 10 heterocycles. The number of ether oxygens (including phenoxy) is 4. The Hall–Kier alpha value is -10.2. The highest BCUT2D eigenvalue weighted by atomic mass is 16.6. The number of fused-ring (bicyclic) bond motifs is 10. The minimum absolute atomic E-state index is 0.0936. The molecule has 12 rings (SSSR count). The lowest BCUT2D eigenvalue weighted by Crippen LogP contribution is -2.26. The molecule has 4 N–H and O–H groups in total. The van der Waals surface area contributed by atoms with E-state index in [0.29, 0.717) is 138 Å². The van der Waals surface area contributed by atoms with Gasteiger partial charge >= 0.3 is 23.9 Å². The fourth-order valence-corrected chi connectivity index (χ4v) is 14.4. The van der Waals surface area contributed by atoms with Gasteiger partial charge in [0.2, 0.25) is 0 Å². The average Bonchev–Trinajstić information content (AvgIpc) is 1.57. The number of aliphatic hydroxyl groups is 2. The number of aliphatic hydroxyl groups excluding tert-OH is 2. The van der Waals surface area contributed by atoms with Crippen LogP contribution >= 0.6 is 0 Å². The third-order valence-corrected chi connectivity index (χ3v) is 19.4. The number of hydrogen-bond donors (Lipinski definition) is 4. The van der Waals surface area contributed by atoms with Gasteiger partial charge in [0.05, 0.1) is 95.2 Å². The van der Waals surface area contributed by atoms with Crippen molar-refractivity contribution in [1.82, 2.24) is 10.6 Å². The summed E-state index contributed by atoms with van der Waals surface area (Å²) in [6.07, 6.45) is 17.8. The number of carbonyl (C=O) groups excluding carboxylic acids is 6. The Kier molecular flexibility index (Phi) is 16.3. The Balaban J connectivity index is 0.796. The van der Waals surface area contributed by atoms with Crippen molar-refractivity contribution >= 4 is 69.7 Å². The van der Waals surface area contributed by atoms with Crippen LogP contribution < -0.4 is 10.6 Å². The van der Waals surface area contributed by atoms with Crippen LogP contribution in [0.3, 0.4) is 0 Å². The smallest absolute Gasteiger partial charge is 0.321 e. The molecular weight excluding hydrogens is 1170 g/mol. The monoisotopic (exact) mass is 1240 g/mol. The molecule has 0 unspecified atom stereocenters. The predicted molar refractivity (Wildman–Crippen MR) is 347 cm³/mol. The van der Waals surface area contributed by atoms with E-state index in [1.165, 1.54) is 14.2 Å². The number of rotatable bonds is 15. The summed E-state index contributed by atoms with van der Waals surface area (Å²) in [6.45, 7) is 23.0. The van der Waals surface area contributed by atoms with Crippen molar-refractivity contribution in [3.05, 3.63) is 209 Å². The van der Waals surface area contributed by atoms with Crippen molar-refractivity contribution in [2.45, 2.75) is 93.9 Å². The molecule has 0 aromatic carbocycles. The summed E-state index contributed by atoms with van der Waals surface area (Å²) >= 11 is 0. The molecule has 4 fully saturated rings. The maximum absolute atomic E-state index is 14.6. The van der Waals surface area contributed by atoms with Crippen molar-refractivity contribution in [3.63, 3.8) is 0 Å². The van der Waals surface area contributed by atoms with E-state index < -0.39 is 59.1 Å². The van der Waals surface area contributed by atoms with E-state index in [2.05, 4.69) is 23.8 Å². The van der Waals surface area contributed by atoms with Gasteiger partial charge in [0.1, 0.15) is 25.0 Å². The van der Waals surface area contributed by atoms with Gasteiger partial charge in [-0.2, -0.15) is 0 Å². The van der Waals surface area contributed by atoms with Gasteiger partial charge < -0.3 is 39.8 Å². The second kappa shape index (κ2) is 24.2. The molecule has 10 aliphatic heterocycles. The van der Waals surface area contributed by atoms with Gasteiger partial charge in [0.15, 0.2) is 11.6 Å². The van der Waals surface area contributed by atoms with E-state index in [1.807, 2.05) is 65.8 Å². The summed E-state index contributed by atoms with van der Waals surface area (Å²) in [4.78, 5) is 115. The van der Waals surface area contributed by atoms with Gasteiger partial charge in [0.25, 0.3) is 0 Å². The Bertz CT molecular complexity index is 4080. The number of hydrogen-bond acceptors (Lipinski definition) is 20. The first-order chi connectivity index (χ1) is 44.2. The molecule has 92 heavy (non-hydrogen) atoms. The summed E-state index contributed by atoms with van der Waals surface area (Å²) in [5.41, 5.74) is 16.8. The van der Waals surface area contributed by atoms with Crippen LogP contribution in [-0.2, 0) is 47.7 Å². The highest BCUT2D eigenvalue weighted by molar-refractivity contribution is 6.43. The number of aliphatic imine (C=N–C) groups is 6. The lowest BCUT2D eigenvalue weighted by atomic mass is 9.85. The van der Waals surface area contributed by atoms with Gasteiger partial charge in [-0.25, -0.2) is 30.0 Å². The standard InChI is InChI=1S/C72H70N8O12/c1-13-37-31(5)45-23-47-33(7)41(65(77-47)61-63(71(87)89-11)69(85)59-35(9)49(79-67(59)61)25-53-39(15-3)43(29-81)55(75-53)27-51(37)73-45)17-19-57(83)91-21-22-92-58(84)20-18-42-34(8)48-24-46-32(6)38(14-2)52(74-46)28-56-44(30-82)40(16-4)54(76-56)26-50-36(10)60-68(80-50)62(66(42)78-48)64(70(60)86)72(88)90-12/h13-14,23-30,33-34,41-42,63-64,77-78,81-82H,1-2,15-22H2,3-12H3/b43-29+,44-30+,47-23?,48-24?,49-25?,50-26?,51-27?,52-28?,65-61?,66-62?/t33-,34-,41-,42-,63+,64+/m0/s1. The molecule has 0 aromatic heterocycles. The number of carbonyl (C=O) groups is 6. The van der Waals surface area contributed by atoms with E-state index in [9.17, 15) is 39.0 Å². The second-order valence-electron chi connectivity index (χ2n) is 24.1. The number of nitrogens with one attached hydrogen (secondary N) is 2. The summed E-state index contributed by atoms with van der Waals surface area (Å²) in [5.74, 6) is -7.88. The molecule has 470 valence electrons. The summed E-state index contributed by atoms with van der Waals surface area (Å²) in [5, 5.41) is 28.3. The first-order valence-electron chi connectivity index (χ1n) is 30.9. The maximum atomic E-state index is 14.6. The fraction of sp³-hybridized carbons (Fsp3) is 0.333. The quantitative estimate of drug-likeness (QED) is 0.0390. The summed E-state index contributed by atoms with van der Waals surface area (Å²) in [7, 11) is 2.46. The zero-order chi connectivity index (χ0) is 65.5. The molecule has 2 aliphatic carbocycles. The molecule has 2 saturated heterocycles. The van der Waals surface area contributed by atoms with E-state index >= 15 is 0 Å². The number of Topliss-reactive ketones (excluding diaryl/α,β-unsaturated/α-hetero) is 2. The zero-order valence-corrected chi connectivity index (χ0v) is 53.0. The minimum Gasteiger partial charge on any atom is -0.515 e. The number of ketones is 2.